The number of piperidine rings is 1. The lowest BCUT2D eigenvalue weighted by Crippen LogP contribution is -2.64. The van der Waals surface area contributed by atoms with E-state index in [0.29, 0.717) is 48.5 Å². The number of para-hydroxylation sites is 1. The second-order valence-electron chi connectivity index (χ2n) is 24.8. The van der Waals surface area contributed by atoms with Gasteiger partial charge >= 0.3 is 5.97 Å². The van der Waals surface area contributed by atoms with Crippen molar-refractivity contribution in [3.63, 3.8) is 0 Å². The number of hydrogen-bond acceptors (Lipinski definition) is 16. The first-order valence-electron chi connectivity index (χ1n) is 28.7. The Morgan fingerprint density at radius 3 is 2.40 bits per heavy atom. The molecular formula is C61H71N11O8S. The van der Waals surface area contributed by atoms with Gasteiger partial charge in [0.15, 0.2) is 22.5 Å². The number of aromatic nitrogens is 6. The van der Waals surface area contributed by atoms with Crippen LogP contribution in [0.1, 0.15) is 152 Å². The molecule has 4 aromatic heterocycles. The summed E-state index contributed by atoms with van der Waals surface area (Å²) >= 11 is 1.57. The van der Waals surface area contributed by atoms with Crippen molar-refractivity contribution in [1.82, 2.24) is 45.1 Å². The van der Waals surface area contributed by atoms with Gasteiger partial charge in [-0.25, -0.2) is 14.8 Å². The van der Waals surface area contributed by atoms with Crippen LogP contribution in [0.25, 0.3) is 21.3 Å². The lowest BCUT2D eigenvalue weighted by molar-refractivity contribution is -0.248. The number of carboxylic acids is 1. The summed E-state index contributed by atoms with van der Waals surface area (Å²) in [5.74, 6) is -0.838. The number of rotatable bonds is 21. The fraction of sp³-hybridized carbons (Fsp3) is 0.508. The summed E-state index contributed by atoms with van der Waals surface area (Å²) in [6.07, 6.45) is 15.3. The number of imide groups is 2. The van der Waals surface area contributed by atoms with Crippen molar-refractivity contribution < 1.29 is 38.6 Å². The first kappa shape index (κ1) is 54.4. The predicted molar refractivity (Wildman–Crippen MR) is 306 cm³/mol. The third kappa shape index (κ3) is 10.6. The van der Waals surface area contributed by atoms with Gasteiger partial charge in [0.05, 0.1) is 46.4 Å². The highest BCUT2D eigenvalue weighted by Crippen LogP contribution is 2.72. The molecule has 2 aromatic carbocycles. The van der Waals surface area contributed by atoms with E-state index in [0.717, 1.165) is 139 Å². The second-order valence-corrected chi connectivity index (χ2v) is 25.8. The summed E-state index contributed by atoms with van der Waals surface area (Å²) in [7, 11) is 2.18. The SMILES string of the molecule is Cc1c(Nc2nc3ccccc3s2)nnc2c1CCCN2c1ccc(-c2cnn(CC34CC5(C)CC(C)(C3)CC(OCCN(C)CCCCCCCOc3ccc6c(c3)C(=O)N(C3CCC(=O)NC3=O)C6=O)(C5)C4)c2C)c(C(=O)O)n1. The van der Waals surface area contributed by atoms with Gasteiger partial charge in [0, 0.05) is 54.0 Å². The van der Waals surface area contributed by atoms with Gasteiger partial charge in [0.25, 0.3) is 11.8 Å². The van der Waals surface area contributed by atoms with Crippen molar-refractivity contribution in [2.24, 2.45) is 16.2 Å². The minimum Gasteiger partial charge on any atom is -0.494 e. The van der Waals surface area contributed by atoms with E-state index in [2.05, 4.69) is 58.2 Å². The minimum absolute atomic E-state index is 0.00645. The van der Waals surface area contributed by atoms with E-state index in [4.69, 9.17) is 24.5 Å². The van der Waals surface area contributed by atoms with Crippen molar-refractivity contribution >= 4 is 73.7 Å². The minimum atomic E-state index is -1.10. The van der Waals surface area contributed by atoms with Crippen molar-refractivity contribution in [3.05, 3.63) is 94.4 Å². The topological polar surface area (TPSA) is 227 Å². The maximum absolute atomic E-state index is 13.2. The Bertz CT molecular complexity index is 3450. The van der Waals surface area contributed by atoms with Gasteiger partial charge in [-0.15, -0.1) is 10.2 Å². The van der Waals surface area contributed by atoms with Crippen LogP contribution < -0.4 is 20.3 Å². The van der Waals surface area contributed by atoms with Crippen LogP contribution in [-0.4, -0.2) is 126 Å². The summed E-state index contributed by atoms with van der Waals surface area (Å²) in [5, 5.41) is 31.4. The second kappa shape index (κ2) is 21.3. The lowest BCUT2D eigenvalue weighted by Gasteiger charge is -2.69. The molecule has 5 fully saturated rings. The monoisotopic (exact) mass is 1120 g/mol. The molecule has 0 radical (unpaired) electrons. The number of hydrogen-bond donors (Lipinski definition) is 3. The Hall–Kier alpha value is -7.16. The Kier molecular flexibility index (Phi) is 14.3. The van der Waals surface area contributed by atoms with E-state index < -0.39 is 35.6 Å². The fourth-order valence-corrected chi connectivity index (χ4v) is 16.4. The maximum Gasteiger partial charge on any atom is 0.355 e. The molecule has 13 rings (SSSR count). The molecule has 19 nitrogen and oxygen atoms in total. The van der Waals surface area contributed by atoms with E-state index in [1.54, 1.807) is 29.5 Å². The lowest BCUT2D eigenvalue weighted by atomic mass is 9.39. The van der Waals surface area contributed by atoms with Gasteiger partial charge in [-0.05, 0) is 157 Å². The molecule has 3 unspecified atom stereocenters. The molecule has 20 heteroatoms. The third-order valence-electron chi connectivity index (χ3n) is 18.0. The number of amides is 4. The first-order valence-corrected chi connectivity index (χ1v) is 29.6. The molecule has 3 aliphatic heterocycles. The number of anilines is 4. The number of carboxylic acid groups (broad SMARTS) is 1. The van der Waals surface area contributed by atoms with Crippen LogP contribution in [-0.2, 0) is 27.3 Å². The van der Waals surface area contributed by atoms with Crippen LogP contribution >= 0.6 is 11.3 Å². The van der Waals surface area contributed by atoms with Gasteiger partial charge in [-0.1, -0.05) is 56.6 Å². The molecule has 1 saturated heterocycles. The highest BCUT2D eigenvalue weighted by Gasteiger charge is 2.66. The zero-order valence-electron chi connectivity index (χ0n) is 46.9. The average Bonchev–Trinajstić information content (AvgIpc) is 3.86. The zero-order chi connectivity index (χ0) is 56.4. The summed E-state index contributed by atoms with van der Waals surface area (Å²) < 4.78 is 16.3. The number of fused-ring (bicyclic) bond motifs is 3. The number of benzene rings is 2. The number of nitrogens with zero attached hydrogens (tertiary/aromatic N) is 9. The molecule has 424 valence electrons. The number of likely N-dealkylation sites (N-methyl/N-ethyl adjacent to an activating group) is 1. The van der Waals surface area contributed by atoms with Crippen LogP contribution in [0.15, 0.2) is 60.8 Å². The molecule has 7 aliphatic rings. The number of aromatic carboxylic acids is 1. The van der Waals surface area contributed by atoms with Crippen LogP contribution in [0.2, 0.25) is 0 Å². The fourth-order valence-electron chi connectivity index (χ4n) is 15.5. The normalized spacial score (nSPS) is 24.8. The smallest absolute Gasteiger partial charge is 0.355 e. The van der Waals surface area contributed by atoms with Crippen molar-refractivity contribution in [1.29, 1.82) is 0 Å². The van der Waals surface area contributed by atoms with Gasteiger partial charge < -0.3 is 29.7 Å². The Balaban J connectivity index is 0.627. The number of carbonyl (C=O) groups excluding carboxylic acids is 4. The quantitative estimate of drug-likeness (QED) is 0.0450. The van der Waals surface area contributed by atoms with E-state index in [9.17, 15) is 29.1 Å². The maximum atomic E-state index is 13.2. The molecule has 4 aliphatic carbocycles. The molecule has 4 bridgehead atoms. The molecule has 6 aromatic rings. The zero-order valence-corrected chi connectivity index (χ0v) is 47.8. The van der Waals surface area contributed by atoms with Gasteiger partial charge in [0.1, 0.15) is 17.6 Å². The number of nitrogens with one attached hydrogen (secondary N) is 2. The molecule has 81 heavy (non-hydrogen) atoms. The number of pyridine rings is 1. The molecule has 7 heterocycles. The molecular weight excluding hydrogens is 1050 g/mol. The van der Waals surface area contributed by atoms with E-state index in [1.165, 1.54) is 6.42 Å². The summed E-state index contributed by atoms with van der Waals surface area (Å²) in [6, 6.07) is 15.6. The molecule has 3 atom stereocenters. The Labute approximate surface area is 475 Å². The van der Waals surface area contributed by atoms with Gasteiger partial charge in [0.2, 0.25) is 11.8 Å². The number of thiazole rings is 1. The van der Waals surface area contributed by atoms with Crippen molar-refractivity contribution in [3.8, 4) is 16.9 Å². The molecule has 4 saturated carbocycles. The van der Waals surface area contributed by atoms with Crippen LogP contribution in [0.5, 0.6) is 5.75 Å². The van der Waals surface area contributed by atoms with Crippen molar-refractivity contribution in [2.75, 3.05) is 50.1 Å². The van der Waals surface area contributed by atoms with Crippen LogP contribution in [0, 0.1) is 30.1 Å². The first-order chi connectivity index (χ1) is 38.9. The van der Waals surface area contributed by atoms with E-state index in [-0.39, 0.29) is 51.5 Å². The Morgan fingerprint density at radius 1 is 0.840 bits per heavy atom. The predicted octanol–water partition coefficient (Wildman–Crippen LogP) is 9.99. The number of ether oxygens (including phenoxy) is 2. The van der Waals surface area contributed by atoms with Crippen LogP contribution in [0.3, 0.4) is 0 Å². The van der Waals surface area contributed by atoms with Crippen LogP contribution in [0.4, 0.5) is 22.6 Å². The van der Waals surface area contributed by atoms with E-state index in [1.807, 2.05) is 54.4 Å². The van der Waals surface area contributed by atoms with Gasteiger partial charge in [-0.3, -0.25) is 34.1 Å². The van der Waals surface area contributed by atoms with Gasteiger partial charge in [-0.2, -0.15) is 5.10 Å². The summed E-state index contributed by atoms with van der Waals surface area (Å²) in [4.78, 5) is 78.3. The molecule has 4 amide bonds. The summed E-state index contributed by atoms with van der Waals surface area (Å²) in [6.45, 7) is 13.4. The molecule has 0 spiro atoms. The average molecular weight is 1120 g/mol. The highest BCUT2D eigenvalue weighted by molar-refractivity contribution is 7.22. The third-order valence-corrected chi connectivity index (χ3v) is 19.0. The number of carbonyl (C=O) groups is 5. The Morgan fingerprint density at radius 2 is 1.60 bits per heavy atom. The molecule has 3 N–H and O–H groups in total. The van der Waals surface area contributed by atoms with E-state index >= 15 is 0 Å². The largest absolute Gasteiger partial charge is 0.494 e. The highest BCUT2D eigenvalue weighted by atomic mass is 32.1. The number of unbranched alkanes of at least 4 members (excludes halogenated alkanes) is 4. The standard InChI is InChI=1S/C61H71N11O8S/c1-37-40-14-13-24-70(52(40)68-67-51(37)66-57-63-45-15-9-10-16-47(45)81-57)48-21-19-41(50(64-48)56(77)78)44-29-62-71(38(44)2)36-60-31-58(3)30-59(4,32-60)34-61(33-58,35-60)80-27-25-69(5)23-11-7-6-8-12-26-79-39-17-18-42-43(28-39)55(76)72(54(42)75)46-20-22-49(73)65-53(46)74/h9-10,15-19,21,28-29,46H,6-8,11-14,20,22-27,30-36H2,1-5H3,(H,77,78)(H,63,66,67)(H,65,73,74). The summed E-state index contributed by atoms with van der Waals surface area (Å²) in [5.41, 5.74) is 5.75. The van der Waals surface area contributed by atoms with Crippen molar-refractivity contribution in [2.45, 2.75) is 142 Å².